The van der Waals surface area contributed by atoms with Gasteiger partial charge in [0.05, 0.1) is 132 Å². The first-order chi connectivity index (χ1) is 24.3. The van der Waals surface area contributed by atoms with Crippen molar-refractivity contribution >= 4 is 5.97 Å². The van der Waals surface area contributed by atoms with E-state index >= 15 is 0 Å². The zero-order chi connectivity index (χ0) is 35.4. The van der Waals surface area contributed by atoms with E-state index in [-0.39, 0.29) is 13.2 Å². The number of rotatable bonds is 45. The third kappa shape index (κ3) is 47.0. The van der Waals surface area contributed by atoms with Gasteiger partial charge in [0.15, 0.2) is 0 Å². The lowest BCUT2D eigenvalue weighted by Crippen LogP contribution is -2.15. The van der Waals surface area contributed by atoms with E-state index in [0.29, 0.717) is 126 Å². The molecule has 0 spiro atoms. The minimum atomic E-state index is -0.992. The number of carbonyl (C=O) groups is 1. The fourth-order valence-electron chi connectivity index (χ4n) is 4.40. The van der Waals surface area contributed by atoms with Crippen LogP contribution >= 0.6 is 0 Å². The van der Waals surface area contributed by atoms with Gasteiger partial charge in [-0.25, -0.2) is 4.79 Å². The molecule has 0 aliphatic carbocycles. The van der Waals surface area contributed by atoms with Gasteiger partial charge in [0.1, 0.15) is 6.61 Å². The summed E-state index contributed by atoms with van der Waals surface area (Å²) in [6.07, 6.45) is 16.3. The first-order valence-electron chi connectivity index (χ1n) is 18.8. The first-order valence-corrected chi connectivity index (χ1v) is 18.8. The summed E-state index contributed by atoms with van der Waals surface area (Å²) in [5, 5.41) is 8.43. The zero-order valence-electron chi connectivity index (χ0n) is 30.9. The highest BCUT2D eigenvalue weighted by molar-refractivity contribution is 5.67. The van der Waals surface area contributed by atoms with Crippen molar-refractivity contribution in [2.45, 2.75) is 84.0 Å². The number of ether oxygens (including phenoxy) is 11. The van der Waals surface area contributed by atoms with Crippen LogP contribution in [-0.2, 0) is 56.9 Å². The van der Waals surface area contributed by atoms with E-state index in [4.69, 9.17) is 57.2 Å². The molecule has 0 rings (SSSR count). The van der Waals surface area contributed by atoms with Crippen LogP contribution in [0.2, 0.25) is 0 Å². The third-order valence-corrected chi connectivity index (χ3v) is 7.09. The van der Waals surface area contributed by atoms with Gasteiger partial charge >= 0.3 is 5.97 Å². The molecule has 13 heteroatoms. The van der Waals surface area contributed by atoms with Crippen LogP contribution in [0.25, 0.3) is 0 Å². The van der Waals surface area contributed by atoms with Crippen molar-refractivity contribution in [1.82, 2.24) is 0 Å². The van der Waals surface area contributed by atoms with Gasteiger partial charge in [0.25, 0.3) is 0 Å². The van der Waals surface area contributed by atoms with Gasteiger partial charge in [0, 0.05) is 6.61 Å². The molecule has 49 heavy (non-hydrogen) atoms. The normalized spacial score (nSPS) is 11.5. The summed E-state index contributed by atoms with van der Waals surface area (Å²) in [5.41, 5.74) is 0. The Hall–Kier alpha value is -0.970. The van der Waals surface area contributed by atoms with Crippen LogP contribution < -0.4 is 0 Å². The molecular weight excluding hydrogens is 640 g/mol. The molecule has 0 aromatic carbocycles. The van der Waals surface area contributed by atoms with Crippen LogP contribution in [-0.4, -0.2) is 156 Å². The molecule has 0 saturated heterocycles. The van der Waals surface area contributed by atoms with E-state index in [1.165, 1.54) is 70.6 Å². The summed E-state index contributed by atoms with van der Waals surface area (Å²) in [7, 11) is 0. The monoisotopic (exact) mass is 712 g/mol. The highest BCUT2D eigenvalue weighted by Crippen LogP contribution is 2.11. The summed E-state index contributed by atoms with van der Waals surface area (Å²) < 4.78 is 59.6. The molecule has 0 aromatic heterocycles. The van der Waals surface area contributed by atoms with Crippen LogP contribution in [0.15, 0.2) is 0 Å². The Labute approximate surface area is 297 Å². The lowest BCUT2D eigenvalue weighted by Gasteiger charge is -2.09. The molecule has 0 aromatic rings. The lowest BCUT2D eigenvalue weighted by atomic mass is 10.1. The van der Waals surface area contributed by atoms with Crippen molar-refractivity contribution in [2.24, 2.45) is 0 Å². The van der Waals surface area contributed by atoms with Crippen molar-refractivity contribution < 1.29 is 62.0 Å². The van der Waals surface area contributed by atoms with Gasteiger partial charge < -0.3 is 57.2 Å². The standard InChI is InChI=1S/C36H72O13/c1-2-3-4-5-6-7-8-9-10-11-12-13-14-39-15-16-40-17-18-41-19-20-42-21-22-43-23-24-44-25-26-45-27-28-46-29-30-47-31-32-48-33-34-49-35-36(37)38/h2-35H2,1H3,(H,37,38). The molecule has 0 aliphatic heterocycles. The second kappa shape index (κ2) is 45.1. The molecule has 13 nitrogen and oxygen atoms in total. The van der Waals surface area contributed by atoms with Crippen molar-refractivity contribution in [1.29, 1.82) is 0 Å². The number of unbranched alkanes of at least 4 members (excludes halogenated alkanes) is 11. The Bertz CT molecular complexity index is 615. The van der Waals surface area contributed by atoms with Gasteiger partial charge in [-0.2, -0.15) is 0 Å². The average molecular weight is 713 g/mol. The number of aliphatic carboxylic acids is 1. The zero-order valence-corrected chi connectivity index (χ0v) is 30.9. The van der Waals surface area contributed by atoms with Crippen LogP contribution in [0.1, 0.15) is 84.0 Å². The molecule has 0 saturated carbocycles. The van der Waals surface area contributed by atoms with Crippen LogP contribution in [0.3, 0.4) is 0 Å². The van der Waals surface area contributed by atoms with E-state index in [1.807, 2.05) is 0 Å². The second-order valence-corrected chi connectivity index (χ2v) is 11.5. The number of hydrogen-bond donors (Lipinski definition) is 1. The highest BCUT2D eigenvalue weighted by atomic mass is 16.6. The Morgan fingerprint density at radius 3 is 0.755 bits per heavy atom. The van der Waals surface area contributed by atoms with E-state index in [0.717, 1.165) is 13.0 Å². The Kier molecular flexibility index (Phi) is 44.2. The van der Waals surface area contributed by atoms with Crippen molar-refractivity contribution in [2.75, 3.05) is 145 Å². The summed E-state index contributed by atoms with van der Waals surface area (Å²) in [5.74, 6) is -0.992. The number of carboxylic acids is 1. The summed E-state index contributed by atoms with van der Waals surface area (Å²) in [6.45, 7) is 12.6. The van der Waals surface area contributed by atoms with Gasteiger partial charge in [0.2, 0.25) is 0 Å². The van der Waals surface area contributed by atoms with Crippen molar-refractivity contribution in [3.05, 3.63) is 0 Å². The van der Waals surface area contributed by atoms with Gasteiger partial charge in [-0.3, -0.25) is 0 Å². The van der Waals surface area contributed by atoms with Crippen LogP contribution in [0.5, 0.6) is 0 Å². The van der Waals surface area contributed by atoms with E-state index in [2.05, 4.69) is 6.92 Å². The maximum Gasteiger partial charge on any atom is 0.329 e. The van der Waals surface area contributed by atoms with Crippen molar-refractivity contribution in [3.8, 4) is 0 Å². The minimum Gasteiger partial charge on any atom is -0.480 e. The number of hydrogen-bond acceptors (Lipinski definition) is 12. The third-order valence-electron chi connectivity index (χ3n) is 7.09. The van der Waals surface area contributed by atoms with Crippen LogP contribution in [0, 0.1) is 0 Å². The predicted molar refractivity (Wildman–Crippen MR) is 188 cm³/mol. The van der Waals surface area contributed by atoms with E-state index in [9.17, 15) is 4.79 Å². The molecule has 0 unspecified atom stereocenters. The molecule has 294 valence electrons. The molecule has 1 N–H and O–H groups in total. The molecule has 0 fully saturated rings. The maximum absolute atomic E-state index is 10.3. The smallest absolute Gasteiger partial charge is 0.329 e. The molecule has 0 radical (unpaired) electrons. The quantitative estimate of drug-likeness (QED) is 0.0853. The largest absolute Gasteiger partial charge is 0.480 e. The molecule has 0 aliphatic rings. The maximum atomic E-state index is 10.3. The Balaban J connectivity index is 3.05. The molecule has 0 heterocycles. The Morgan fingerprint density at radius 1 is 0.306 bits per heavy atom. The molecule has 0 atom stereocenters. The SMILES string of the molecule is CCCCCCCCCCCCCCOCCOCCOCCOCCOCCOCCOCCOCCOCCOCCOCC(=O)O. The lowest BCUT2D eigenvalue weighted by molar-refractivity contribution is -0.142. The van der Waals surface area contributed by atoms with E-state index < -0.39 is 5.97 Å². The number of carboxylic acid groups (broad SMARTS) is 1. The first kappa shape index (κ1) is 48.0. The van der Waals surface area contributed by atoms with Crippen LogP contribution in [0.4, 0.5) is 0 Å². The average Bonchev–Trinajstić information content (AvgIpc) is 3.10. The van der Waals surface area contributed by atoms with Gasteiger partial charge in [-0.15, -0.1) is 0 Å². The van der Waals surface area contributed by atoms with E-state index in [1.54, 1.807) is 0 Å². The minimum absolute atomic E-state index is 0.245. The predicted octanol–water partition coefficient (Wildman–Crippen LogP) is 4.95. The fraction of sp³-hybridized carbons (Fsp3) is 0.972. The summed E-state index contributed by atoms with van der Waals surface area (Å²) >= 11 is 0. The molecule has 0 amide bonds. The summed E-state index contributed by atoms with van der Waals surface area (Å²) in [4.78, 5) is 10.3. The van der Waals surface area contributed by atoms with Crippen molar-refractivity contribution in [3.63, 3.8) is 0 Å². The fourth-order valence-corrected chi connectivity index (χ4v) is 4.40. The summed E-state index contributed by atoms with van der Waals surface area (Å²) in [6, 6.07) is 0. The second-order valence-electron chi connectivity index (χ2n) is 11.5. The molecular formula is C36H72O13. The Morgan fingerprint density at radius 2 is 0.510 bits per heavy atom. The van der Waals surface area contributed by atoms with Gasteiger partial charge in [-0.05, 0) is 6.42 Å². The highest BCUT2D eigenvalue weighted by Gasteiger charge is 1.98. The molecule has 0 bridgehead atoms. The topological polar surface area (TPSA) is 139 Å². The van der Waals surface area contributed by atoms with Gasteiger partial charge in [-0.1, -0.05) is 77.6 Å².